The lowest BCUT2D eigenvalue weighted by Gasteiger charge is -2.28. The van der Waals surface area contributed by atoms with Crippen LogP contribution in [0.15, 0.2) is 35.6 Å². The molecule has 1 aromatic carbocycles. The third-order valence-electron chi connectivity index (χ3n) is 4.39. The van der Waals surface area contributed by atoms with Gasteiger partial charge in [-0.25, -0.2) is 0 Å². The highest BCUT2D eigenvalue weighted by Crippen LogP contribution is 2.39. The van der Waals surface area contributed by atoms with E-state index >= 15 is 0 Å². The number of aliphatic hydroxyl groups excluding tert-OH is 1. The minimum atomic E-state index is -0.576. The van der Waals surface area contributed by atoms with Gasteiger partial charge in [-0.2, -0.15) is 0 Å². The number of nitrogens with zero attached hydrogens (tertiary/aromatic N) is 2. The molecule has 0 radical (unpaired) electrons. The lowest BCUT2D eigenvalue weighted by Crippen LogP contribution is -2.36. The summed E-state index contributed by atoms with van der Waals surface area (Å²) in [4.78, 5) is 28.9. The van der Waals surface area contributed by atoms with Gasteiger partial charge >= 0.3 is 0 Å². The summed E-state index contributed by atoms with van der Waals surface area (Å²) < 4.78 is 5.47. The number of ether oxygens (including phenoxy) is 1. The second-order valence-electron chi connectivity index (χ2n) is 6.99. The minimum absolute atomic E-state index is 0.188. The molecule has 1 aliphatic rings. The number of carbonyl (C=O) groups excluding carboxylic acids is 2. The average molecular weight is 360 g/mol. The van der Waals surface area contributed by atoms with E-state index in [1.807, 2.05) is 50.2 Å². The van der Waals surface area contributed by atoms with Gasteiger partial charge < -0.3 is 19.6 Å². The monoisotopic (exact) mass is 360 g/mol. The van der Waals surface area contributed by atoms with Gasteiger partial charge in [0, 0.05) is 19.0 Å². The second-order valence-corrected chi connectivity index (χ2v) is 6.99. The first-order valence-electron chi connectivity index (χ1n) is 8.93. The van der Waals surface area contributed by atoms with Crippen LogP contribution in [0.5, 0.6) is 5.75 Å². The largest absolute Gasteiger partial charge is 0.503 e. The number of benzene rings is 1. The van der Waals surface area contributed by atoms with E-state index < -0.39 is 17.7 Å². The Morgan fingerprint density at radius 2 is 1.88 bits per heavy atom. The Hall–Kier alpha value is -2.34. The average Bonchev–Trinajstić information content (AvgIpc) is 2.84. The number of aliphatic hydroxyl groups is 1. The van der Waals surface area contributed by atoms with Gasteiger partial charge in [0.05, 0.1) is 18.2 Å². The molecule has 6 heteroatoms. The zero-order valence-electron chi connectivity index (χ0n) is 16.2. The predicted molar refractivity (Wildman–Crippen MR) is 100 cm³/mol. The molecule has 1 heterocycles. The number of carbonyl (C=O) groups is 2. The van der Waals surface area contributed by atoms with Gasteiger partial charge in [0.25, 0.3) is 5.91 Å². The summed E-state index contributed by atoms with van der Waals surface area (Å²) in [5.74, 6) is -0.706. The summed E-state index contributed by atoms with van der Waals surface area (Å²) in [6.45, 7) is 7.06. The van der Waals surface area contributed by atoms with Gasteiger partial charge in [0.15, 0.2) is 11.5 Å². The highest BCUT2D eigenvalue weighted by Gasteiger charge is 2.43. The van der Waals surface area contributed by atoms with Gasteiger partial charge in [-0.1, -0.05) is 26.0 Å². The minimum Gasteiger partial charge on any atom is -0.503 e. The van der Waals surface area contributed by atoms with E-state index in [2.05, 4.69) is 0 Å². The Balaban J connectivity index is 2.44. The molecule has 0 fully saturated rings. The van der Waals surface area contributed by atoms with Gasteiger partial charge in [-0.05, 0) is 38.7 Å². The molecular formula is C20H28N2O4. The van der Waals surface area contributed by atoms with Crippen LogP contribution in [0, 0.1) is 5.92 Å². The van der Waals surface area contributed by atoms with E-state index in [1.165, 1.54) is 0 Å². The molecule has 1 aliphatic heterocycles. The van der Waals surface area contributed by atoms with E-state index in [4.69, 9.17) is 4.74 Å². The Bertz CT molecular complexity index is 692. The van der Waals surface area contributed by atoms with Crippen molar-refractivity contribution in [2.75, 3.05) is 33.8 Å². The van der Waals surface area contributed by atoms with Crippen LogP contribution < -0.4 is 4.74 Å². The van der Waals surface area contributed by atoms with Crippen molar-refractivity contribution >= 4 is 11.7 Å². The van der Waals surface area contributed by atoms with Gasteiger partial charge in [0.1, 0.15) is 5.75 Å². The zero-order chi connectivity index (χ0) is 19.4. The molecule has 1 unspecified atom stereocenters. The maximum absolute atomic E-state index is 12.7. The van der Waals surface area contributed by atoms with E-state index in [9.17, 15) is 14.7 Å². The fourth-order valence-electron chi connectivity index (χ4n) is 3.01. The van der Waals surface area contributed by atoms with Crippen molar-refractivity contribution in [2.24, 2.45) is 5.92 Å². The van der Waals surface area contributed by atoms with E-state index in [0.717, 1.165) is 11.3 Å². The molecule has 0 saturated carbocycles. The number of ketones is 1. The molecule has 142 valence electrons. The molecule has 2 rings (SSSR count). The summed E-state index contributed by atoms with van der Waals surface area (Å²) in [5.41, 5.74) is 0.974. The molecule has 26 heavy (non-hydrogen) atoms. The molecule has 6 nitrogen and oxygen atoms in total. The van der Waals surface area contributed by atoms with Crippen LogP contribution in [0.25, 0.3) is 0 Å². The molecule has 1 aromatic rings. The van der Waals surface area contributed by atoms with Crippen molar-refractivity contribution in [1.29, 1.82) is 0 Å². The summed E-state index contributed by atoms with van der Waals surface area (Å²) in [6.07, 6.45) is 0. The van der Waals surface area contributed by atoms with E-state index in [-0.39, 0.29) is 17.3 Å². The number of likely N-dealkylation sites (N-methyl/N-ethyl adjacent to an activating group) is 1. The van der Waals surface area contributed by atoms with Crippen LogP contribution in [-0.4, -0.2) is 60.4 Å². The van der Waals surface area contributed by atoms with Crippen molar-refractivity contribution in [3.63, 3.8) is 0 Å². The Morgan fingerprint density at radius 1 is 1.27 bits per heavy atom. The second kappa shape index (κ2) is 8.36. The summed E-state index contributed by atoms with van der Waals surface area (Å²) >= 11 is 0. The third kappa shape index (κ3) is 4.07. The van der Waals surface area contributed by atoms with Gasteiger partial charge in [0.2, 0.25) is 0 Å². The first kappa shape index (κ1) is 20.0. The lowest BCUT2D eigenvalue weighted by atomic mass is 9.91. The van der Waals surface area contributed by atoms with Crippen LogP contribution >= 0.6 is 0 Å². The molecule has 0 spiro atoms. The fraction of sp³-hybridized carbons (Fsp3) is 0.500. The predicted octanol–water partition coefficient (Wildman–Crippen LogP) is 2.57. The Labute approximate surface area is 155 Å². The lowest BCUT2D eigenvalue weighted by molar-refractivity contribution is -0.129. The van der Waals surface area contributed by atoms with Crippen molar-refractivity contribution < 1.29 is 19.4 Å². The summed E-state index contributed by atoms with van der Waals surface area (Å²) in [6, 6.07) is 6.75. The smallest absolute Gasteiger partial charge is 0.290 e. The van der Waals surface area contributed by atoms with Crippen LogP contribution in [0.4, 0.5) is 0 Å². The fourth-order valence-corrected chi connectivity index (χ4v) is 3.01. The number of hydrogen-bond donors (Lipinski definition) is 1. The normalized spacial score (nSPS) is 17.6. The Kier molecular flexibility index (Phi) is 6.42. The zero-order valence-corrected chi connectivity index (χ0v) is 16.2. The van der Waals surface area contributed by atoms with Gasteiger partial charge in [-0.3, -0.25) is 9.59 Å². The topological polar surface area (TPSA) is 70.1 Å². The molecule has 1 N–H and O–H groups in total. The summed E-state index contributed by atoms with van der Waals surface area (Å²) in [7, 11) is 3.83. The van der Waals surface area contributed by atoms with Crippen LogP contribution in [0.3, 0.4) is 0 Å². The number of Topliss-reactive ketones (excluding diaryl/α,β-unsaturated/α-hetero) is 1. The summed E-state index contributed by atoms with van der Waals surface area (Å²) in [5, 5.41) is 10.4. The van der Waals surface area contributed by atoms with Gasteiger partial charge in [-0.15, -0.1) is 0 Å². The molecule has 1 atom stereocenters. The van der Waals surface area contributed by atoms with Crippen molar-refractivity contribution in [3.8, 4) is 5.75 Å². The molecule has 1 amide bonds. The molecular weight excluding hydrogens is 332 g/mol. The van der Waals surface area contributed by atoms with Crippen molar-refractivity contribution in [3.05, 3.63) is 41.2 Å². The van der Waals surface area contributed by atoms with E-state index in [1.54, 1.807) is 18.7 Å². The highest BCUT2D eigenvalue weighted by atomic mass is 16.5. The highest BCUT2D eigenvalue weighted by molar-refractivity contribution is 6.09. The van der Waals surface area contributed by atoms with E-state index in [0.29, 0.717) is 19.7 Å². The number of amides is 1. The number of hydrogen-bond acceptors (Lipinski definition) is 5. The molecule has 0 aliphatic carbocycles. The maximum atomic E-state index is 12.7. The molecule has 0 saturated heterocycles. The SMILES string of the molecule is CCOc1ccc(C2C(C(=O)C(C)C)=C(O)C(=O)N2CCN(C)C)cc1. The standard InChI is InChI=1S/C20H28N2O4/c1-6-26-15-9-7-14(8-10-15)17-16(18(23)13(2)3)19(24)20(25)22(17)12-11-21(4)5/h7-10,13,17,24H,6,11-12H2,1-5H3. The quantitative estimate of drug-likeness (QED) is 0.772. The van der Waals surface area contributed by atoms with Crippen molar-refractivity contribution in [2.45, 2.75) is 26.8 Å². The molecule has 0 bridgehead atoms. The first-order valence-corrected chi connectivity index (χ1v) is 8.93. The first-order chi connectivity index (χ1) is 12.3. The van der Waals surface area contributed by atoms with Crippen molar-refractivity contribution in [1.82, 2.24) is 9.80 Å². The Morgan fingerprint density at radius 3 is 2.38 bits per heavy atom. The number of rotatable bonds is 8. The third-order valence-corrected chi connectivity index (χ3v) is 4.39. The van der Waals surface area contributed by atoms with Crippen LogP contribution in [0.2, 0.25) is 0 Å². The maximum Gasteiger partial charge on any atom is 0.290 e. The molecule has 0 aromatic heterocycles. The van der Waals surface area contributed by atoms with Crippen LogP contribution in [-0.2, 0) is 9.59 Å². The van der Waals surface area contributed by atoms with Crippen LogP contribution in [0.1, 0.15) is 32.4 Å².